The molecule has 114 valence electrons. The van der Waals surface area contributed by atoms with Gasteiger partial charge in [-0.25, -0.2) is 0 Å². The zero-order chi connectivity index (χ0) is 14.2. The highest BCUT2D eigenvalue weighted by Crippen LogP contribution is 2.22. The topological polar surface area (TPSA) is 28.4 Å². The van der Waals surface area contributed by atoms with Crippen LogP contribution in [-0.2, 0) is 13.1 Å². The van der Waals surface area contributed by atoms with Crippen molar-refractivity contribution in [1.82, 2.24) is 10.2 Å². The van der Waals surface area contributed by atoms with Crippen LogP contribution >= 0.6 is 0 Å². The van der Waals surface area contributed by atoms with Crippen LogP contribution < -0.4 is 5.32 Å². The predicted octanol–water partition coefficient (Wildman–Crippen LogP) is 3.93. The van der Waals surface area contributed by atoms with Crippen LogP contribution in [0.1, 0.15) is 63.2 Å². The monoisotopic (exact) mass is 278 g/mol. The van der Waals surface area contributed by atoms with Crippen molar-refractivity contribution in [2.75, 3.05) is 13.6 Å². The first kappa shape index (κ1) is 15.6. The van der Waals surface area contributed by atoms with E-state index in [2.05, 4.69) is 30.3 Å². The van der Waals surface area contributed by atoms with Gasteiger partial charge in [-0.3, -0.25) is 4.90 Å². The van der Waals surface area contributed by atoms with Gasteiger partial charge in [0.25, 0.3) is 0 Å². The van der Waals surface area contributed by atoms with Gasteiger partial charge in [-0.05, 0) is 38.9 Å². The van der Waals surface area contributed by atoms with Crippen LogP contribution in [0.4, 0.5) is 0 Å². The minimum atomic E-state index is 0.740. The summed E-state index contributed by atoms with van der Waals surface area (Å²) in [5.41, 5.74) is 1.27. The molecule has 1 aromatic heterocycles. The largest absolute Gasteiger partial charge is 0.468 e. The smallest absolute Gasteiger partial charge is 0.118 e. The van der Waals surface area contributed by atoms with Gasteiger partial charge in [0.2, 0.25) is 0 Å². The first-order chi connectivity index (χ1) is 9.79. The van der Waals surface area contributed by atoms with E-state index in [-0.39, 0.29) is 0 Å². The number of nitrogens with one attached hydrogen (secondary N) is 1. The molecule has 0 atom stereocenters. The first-order valence-corrected chi connectivity index (χ1v) is 8.27. The molecule has 1 aliphatic carbocycles. The molecule has 0 aliphatic heterocycles. The Morgan fingerprint density at radius 2 is 2.00 bits per heavy atom. The summed E-state index contributed by atoms with van der Waals surface area (Å²) in [5, 5.41) is 3.42. The van der Waals surface area contributed by atoms with E-state index < -0.39 is 0 Å². The van der Waals surface area contributed by atoms with E-state index in [0.717, 1.165) is 31.4 Å². The number of rotatable bonds is 7. The molecule has 1 heterocycles. The van der Waals surface area contributed by atoms with Gasteiger partial charge in [-0.1, -0.05) is 32.6 Å². The second-order valence-electron chi connectivity index (χ2n) is 6.16. The molecule has 0 radical (unpaired) electrons. The molecule has 1 aromatic rings. The van der Waals surface area contributed by atoms with Gasteiger partial charge in [0.15, 0.2) is 0 Å². The molecule has 20 heavy (non-hydrogen) atoms. The normalized spacial score (nSPS) is 17.6. The summed E-state index contributed by atoms with van der Waals surface area (Å²) < 4.78 is 5.71. The minimum Gasteiger partial charge on any atom is -0.468 e. The third-order valence-electron chi connectivity index (χ3n) is 4.32. The second kappa shape index (κ2) is 8.48. The molecule has 0 saturated heterocycles. The summed E-state index contributed by atoms with van der Waals surface area (Å²) in [4.78, 5) is 2.48. The lowest BCUT2D eigenvalue weighted by molar-refractivity contribution is 0.198. The molecule has 1 N–H and O–H groups in total. The summed E-state index contributed by atoms with van der Waals surface area (Å²) in [5.74, 6) is 1.10. The highest BCUT2D eigenvalue weighted by molar-refractivity contribution is 5.12. The van der Waals surface area contributed by atoms with Crippen LogP contribution in [0.2, 0.25) is 0 Å². The summed E-state index contributed by atoms with van der Waals surface area (Å²) in [6.45, 7) is 5.13. The molecule has 0 bridgehead atoms. The van der Waals surface area contributed by atoms with Crippen LogP contribution in [0, 0.1) is 0 Å². The first-order valence-electron chi connectivity index (χ1n) is 8.27. The molecular weight excluding hydrogens is 248 g/mol. The Labute approximate surface area is 123 Å². The minimum absolute atomic E-state index is 0.740. The van der Waals surface area contributed by atoms with Gasteiger partial charge in [-0.2, -0.15) is 0 Å². The van der Waals surface area contributed by atoms with Gasteiger partial charge in [0, 0.05) is 18.2 Å². The lowest BCUT2D eigenvalue weighted by Crippen LogP contribution is -2.30. The molecule has 0 unspecified atom stereocenters. The zero-order valence-corrected chi connectivity index (χ0v) is 13.2. The summed E-state index contributed by atoms with van der Waals surface area (Å²) in [6.07, 6.45) is 11.4. The van der Waals surface area contributed by atoms with Gasteiger partial charge in [0.1, 0.15) is 5.76 Å². The van der Waals surface area contributed by atoms with Crippen molar-refractivity contribution in [2.24, 2.45) is 0 Å². The van der Waals surface area contributed by atoms with Crippen molar-refractivity contribution in [3.05, 3.63) is 23.7 Å². The lowest BCUT2D eigenvalue weighted by Gasteiger charge is -2.26. The Bertz CT molecular complexity index is 367. The number of hydrogen-bond acceptors (Lipinski definition) is 3. The van der Waals surface area contributed by atoms with Crippen LogP contribution in [0.3, 0.4) is 0 Å². The fourth-order valence-electron chi connectivity index (χ4n) is 3.08. The number of hydrogen-bond donors (Lipinski definition) is 1. The van der Waals surface area contributed by atoms with Crippen molar-refractivity contribution in [1.29, 1.82) is 0 Å². The maximum absolute atomic E-state index is 5.71. The van der Waals surface area contributed by atoms with Crippen molar-refractivity contribution >= 4 is 0 Å². The second-order valence-corrected chi connectivity index (χ2v) is 6.16. The molecule has 2 rings (SSSR count). The fraction of sp³-hybridized carbons (Fsp3) is 0.765. The van der Waals surface area contributed by atoms with Crippen LogP contribution in [0.15, 0.2) is 16.7 Å². The highest BCUT2D eigenvalue weighted by atomic mass is 16.3. The Balaban J connectivity index is 1.79. The maximum atomic E-state index is 5.71. The van der Waals surface area contributed by atoms with E-state index in [0.29, 0.717) is 0 Å². The van der Waals surface area contributed by atoms with E-state index >= 15 is 0 Å². The molecule has 3 heteroatoms. The summed E-state index contributed by atoms with van der Waals surface area (Å²) >= 11 is 0. The Hall–Kier alpha value is -0.800. The standard InChI is InChI=1S/C17H30N2O/c1-3-10-18-12-15-11-17(20-14-15)13-19(2)16-8-6-4-5-7-9-16/h11,14,16,18H,3-10,12-13H2,1-2H3. The average Bonchev–Trinajstić information content (AvgIpc) is 2.72. The Kier molecular flexibility index (Phi) is 6.61. The molecule has 0 amide bonds. The van der Waals surface area contributed by atoms with E-state index in [1.54, 1.807) is 0 Å². The Morgan fingerprint density at radius 3 is 2.70 bits per heavy atom. The van der Waals surface area contributed by atoms with Crippen molar-refractivity contribution in [3.8, 4) is 0 Å². The van der Waals surface area contributed by atoms with E-state index in [1.807, 2.05) is 6.26 Å². The van der Waals surface area contributed by atoms with Crippen LogP contribution in [-0.4, -0.2) is 24.5 Å². The highest BCUT2D eigenvalue weighted by Gasteiger charge is 2.18. The van der Waals surface area contributed by atoms with Gasteiger partial charge in [-0.15, -0.1) is 0 Å². The zero-order valence-electron chi connectivity index (χ0n) is 13.2. The van der Waals surface area contributed by atoms with Gasteiger partial charge >= 0.3 is 0 Å². The quantitative estimate of drug-likeness (QED) is 0.605. The SMILES string of the molecule is CCCNCc1coc(CN(C)C2CCCCCC2)c1. The Morgan fingerprint density at radius 1 is 1.25 bits per heavy atom. The molecular formula is C17H30N2O. The average molecular weight is 278 g/mol. The number of nitrogens with zero attached hydrogens (tertiary/aromatic N) is 1. The van der Waals surface area contributed by atoms with Crippen molar-refractivity contribution < 1.29 is 4.42 Å². The summed E-state index contributed by atoms with van der Waals surface area (Å²) in [7, 11) is 2.24. The molecule has 0 aromatic carbocycles. The van der Waals surface area contributed by atoms with E-state index in [1.165, 1.54) is 50.5 Å². The maximum Gasteiger partial charge on any atom is 0.118 e. The molecule has 1 saturated carbocycles. The van der Waals surface area contributed by atoms with Crippen LogP contribution in [0.5, 0.6) is 0 Å². The molecule has 0 spiro atoms. The third-order valence-corrected chi connectivity index (χ3v) is 4.32. The molecule has 1 aliphatic rings. The molecule has 3 nitrogen and oxygen atoms in total. The van der Waals surface area contributed by atoms with Crippen LogP contribution in [0.25, 0.3) is 0 Å². The predicted molar refractivity (Wildman–Crippen MR) is 83.7 cm³/mol. The van der Waals surface area contributed by atoms with Gasteiger partial charge < -0.3 is 9.73 Å². The van der Waals surface area contributed by atoms with E-state index in [4.69, 9.17) is 4.42 Å². The third kappa shape index (κ3) is 4.95. The van der Waals surface area contributed by atoms with Crippen molar-refractivity contribution in [2.45, 2.75) is 71.0 Å². The van der Waals surface area contributed by atoms with Crippen molar-refractivity contribution in [3.63, 3.8) is 0 Å². The fourth-order valence-corrected chi connectivity index (χ4v) is 3.08. The summed E-state index contributed by atoms with van der Waals surface area (Å²) in [6, 6.07) is 2.94. The lowest BCUT2D eigenvalue weighted by atomic mass is 10.1. The molecule has 1 fully saturated rings. The van der Waals surface area contributed by atoms with E-state index in [9.17, 15) is 0 Å². The number of furan rings is 1. The van der Waals surface area contributed by atoms with Gasteiger partial charge in [0.05, 0.1) is 12.8 Å².